The standard InChI is InChI=1S/C18H27NO4/c1-4-10-23-15-9-7-8-14(11-15)12-16(20)19-13-18(5-2,6-3)17(21)22/h7-9,11H,4-6,10,12-13H2,1-3H3,(H,19,20)(H,21,22). The van der Waals surface area contributed by atoms with Crippen molar-refractivity contribution in [2.45, 2.75) is 46.5 Å². The van der Waals surface area contributed by atoms with Crippen LogP contribution in [-0.4, -0.2) is 30.1 Å². The molecule has 0 bridgehead atoms. The van der Waals surface area contributed by atoms with Crippen molar-refractivity contribution >= 4 is 11.9 Å². The van der Waals surface area contributed by atoms with Gasteiger partial charge in [-0.1, -0.05) is 32.9 Å². The lowest BCUT2D eigenvalue weighted by Crippen LogP contribution is -2.42. The van der Waals surface area contributed by atoms with Crippen molar-refractivity contribution in [3.8, 4) is 5.75 Å². The van der Waals surface area contributed by atoms with Crippen molar-refractivity contribution in [2.24, 2.45) is 5.41 Å². The first-order chi connectivity index (χ1) is 11.0. The third kappa shape index (κ3) is 5.58. The average Bonchev–Trinajstić information content (AvgIpc) is 2.54. The Morgan fingerprint density at radius 1 is 1.22 bits per heavy atom. The first-order valence-electron chi connectivity index (χ1n) is 8.19. The highest BCUT2D eigenvalue weighted by molar-refractivity contribution is 5.80. The third-order valence-corrected chi connectivity index (χ3v) is 4.17. The Hall–Kier alpha value is -2.04. The molecule has 1 aromatic rings. The second kappa shape index (κ2) is 9.18. The van der Waals surface area contributed by atoms with Crippen LogP contribution in [0.2, 0.25) is 0 Å². The van der Waals surface area contributed by atoms with E-state index in [1.54, 1.807) is 0 Å². The van der Waals surface area contributed by atoms with Gasteiger partial charge >= 0.3 is 5.97 Å². The molecule has 1 aromatic carbocycles. The number of nitrogens with one attached hydrogen (secondary N) is 1. The van der Waals surface area contributed by atoms with Gasteiger partial charge < -0.3 is 15.2 Å². The van der Waals surface area contributed by atoms with Crippen molar-refractivity contribution < 1.29 is 19.4 Å². The van der Waals surface area contributed by atoms with Crippen molar-refractivity contribution in [1.29, 1.82) is 0 Å². The van der Waals surface area contributed by atoms with Gasteiger partial charge in [0.05, 0.1) is 18.4 Å². The molecule has 0 aliphatic heterocycles. The minimum absolute atomic E-state index is 0.153. The zero-order valence-electron chi connectivity index (χ0n) is 14.2. The van der Waals surface area contributed by atoms with E-state index in [1.165, 1.54) is 0 Å². The van der Waals surface area contributed by atoms with E-state index in [9.17, 15) is 14.7 Å². The number of carboxylic acids is 1. The maximum Gasteiger partial charge on any atom is 0.311 e. The number of carboxylic acid groups (broad SMARTS) is 1. The van der Waals surface area contributed by atoms with Crippen molar-refractivity contribution in [3.05, 3.63) is 29.8 Å². The summed E-state index contributed by atoms with van der Waals surface area (Å²) in [5.41, 5.74) is -0.0353. The molecule has 0 aliphatic carbocycles. The van der Waals surface area contributed by atoms with Crippen LogP contribution in [0, 0.1) is 5.41 Å². The highest BCUT2D eigenvalue weighted by Crippen LogP contribution is 2.25. The molecule has 1 rings (SSSR count). The van der Waals surface area contributed by atoms with Crippen LogP contribution in [0.15, 0.2) is 24.3 Å². The number of hydrogen-bond acceptors (Lipinski definition) is 3. The number of aliphatic carboxylic acids is 1. The molecule has 5 heteroatoms. The predicted molar refractivity (Wildman–Crippen MR) is 89.6 cm³/mol. The lowest BCUT2D eigenvalue weighted by Gasteiger charge is -2.26. The first-order valence-corrected chi connectivity index (χ1v) is 8.19. The smallest absolute Gasteiger partial charge is 0.311 e. The van der Waals surface area contributed by atoms with Crippen LogP contribution < -0.4 is 10.1 Å². The number of amides is 1. The normalized spacial score (nSPS) is 11.1. The Kier molecular flexibility index (Phi) is 7.59. The SMILES string of the molecule is CCCOc1cccc(CC(=O)NCC(CC)(CC)C(=O)O)c1. The second-order valence-electron chi connectivity index (χ2n) is 5.74. The van der Waals surface area contributed by atoms with Gasteiger partial charge in [-0.15, -0.1) is 0 Å². The van der Waals surface area contributed by atoms with Gasteiger partial charge in [0.1, 0.15) is 5.75 Å². The van der Waals surface area contributed by atoms with E-state index in [0.29, 0.717) is 19.4 Å². The van der Waals surface area contributed by atoms with Crippen molar-refractivity contribution in [3.63, 3.8) is 0 Å². The van der Waals surface area contributed by atoms with E-state index in [2.05, 4.69) is 5.32 Å². The number of carbonyl (C=O) groups excluding carboxylic acids is 1. The van der Waals surface area contributed by atoms with Gasteiger partial charge in [0.15, 0.2) is 0 Å². The zero-order chi connectivity index (χ0) is 17.3. The summed E-state index contributed by atoms with van der Waals surface area (Å²) >= 11 is 0. The number of hydrogen-bond donors (Lipinski definition) is 2. The minimum Gasteiger partial charge on any atom is -0.494 e. The van der Waals surface area contributed by atoms with Crippen LogP contribution in [0.3, 0.4) is 0 Å². The van der Waals surface area contributed by atoms with Gasteiger partial charge in [-0.2, -0.15) is 0 Å². The highest BCUT2D eigenvalue weighted by atomic mass is 16.5. The summed E-state index contributed by atoms with van der Waals surface area (Å²) < 4.78 is 5.55. The summed E-state index contributed by atoms with van der Waals surface area (Å²) in [6.07, 6.45) is 2.11. The number of benzene rings is 1. The molecule has 128 valence electrons. The molecule has 1 amide bonds. The summed E-state index contributed by atoms with van der Waals surface area (Å²) in [7, 11) is 0. The molecular weight excluding hydrogens is 294 g/mol. The largest absolute Gasteiger partial charge is 0.494 e. The maximum absolute atomic E-state index is 12.1. The van der Waals surface area contributed by atoms with Crippen LogP contribution in [-0.2, 0) is 16.0 Å². The van der Waals surface area contributed by atoms with E-state index >= 15 is 0 Å². The van der Waals surface area contributed by atoms with Gasteiger partial charge in [-0.25, -0.2) is 0 Å². The van der Waals surface area contributed by atoms with E-state index in [4.69, 9.17) is 4.74 Å². The van der Waals surface area contributed by atoms with Crippen LogP contribution in [0.25, 0.3) is 0 Å². The van der Waals surface area contributed by atoms with Gasteiger partial charge in [-0.3, -0.25) is 9.59 Å². The summed E-state index contributed by atoms with van der Waals surface area (Å²) in [6.45, 7) is 6.49. The second-order valence-corrected chi connectivity index (χ2v) is 5.74. The lowest BCUT2D eigenvalue weighted by molar-refractivity contribution is -0.149. The van der Waals surface area contributed by atoms with Crippen LogP contribution in [0.4, 0.5) is 0 Å². The Morgan fingerprint density at radius 3 is 2.48 bits per heavy atom. The van der Waals surface area contributed by atoms with E-state index < -0.39 is 11.4 Å². The Bertz CT molecular complexity index is 524. The quantitative estimate of drug-likeness (QED) is 0.694. The van der Waals surface area contributed by atoms with Crippen molar-refractivity contribution in [2.75, 3.05) is 13.2 Å². The molecule has 5 nitrogen and oxygen atoms in total. The topological polar surface area (TPSA) is 75.6 Å². The van der Waals surface area contributed by atoms with E-state index in [1.807, 2.05) is 45.0 Å². The fourth-order valence-electron chi connectivity index (χ4n) is 2.36. The Labute approximate surface area is 138 Å². The molecule has 0 saturated heterocycles. The lowest BCUT2D eigenvalue weighted by atomic mass is 9.82. The molecule has 0 fully saturated rings. The molecule has 23 heavy (non-hydrogen) atoms. The highest BCUT2D eigenvalue weighted by Gasteiger charge is 2.35. The number of rotatable bonds is 10. The zero-order valence-corrected chi connectivity index (χ0v) is 14.2. The Morgan fingerprint density at radius 2 is 1.91 bits per heavy atom. The summed E-state index contributed by atoms with van der Waals surface area (Å²) in [6, 6.07) is 7.43. The summed E-state index contributed by atoms with van der Waals surface area (Å²) in [4.78, 5) is 23.5. The number of ether oxygens (including phenoxy) is 1. The average molecular weight is 321 g/mol. The molecule has 0 spiro atoms. The fraction of sp³-hybridized carbons (Fsp3) is 0.556. The molecule has 0 heterocycles. The maximum atomic E-state index is 12.1. The molecule has 0 aliphatic rings. The molecular formula is C18H27NO4. The van der Waals surface area contributed by atoms with Crippen LogP contribution in [0.1, 0.15) is 45.6 Å². The van der Waals surface area contributed by atoms with Gasteiger partial charge in [0.2, 0.25) is 5.91 Å². The van der Waals surface area contributed by atoms with Gasteiger partial charge in [0.25, 0.3) is 0 Å². The molecule has 0 unspecified atom stereocenters. The summed E-state index contributed by atoms with van der Waals surface area (Å²) in [5, 5.41) is 12.1. The number of carbonyl (C=O) groups is 2. The van der Waals surface area contributed by atoms with E-state index in [0.717, 1.165) is 17.7 Å². The van der Waals surface area contributed by atoms with Crippen LogP contribution in [0.5, 0.6) is 5.75 Å². The monoisotopic (exact) mass is 321 g/mol. The van der Waals surface area contributed by atoms with E-state index in [-0.39, 0.29) is 18.9 Å². The molecule has 0 aromatic heterocycles. The third-order valence-electron chi connectivity index (χ3n) is 4.17. The minimum atomic E-state index is -0.887. The van der Waals surface area contributed by atoms with Crippen molar-refractivity contribution in [1.82, 2.24) is 5.32 Å². The first kappa shape index (κ1) is 19.0. The fourth-order valence-corrected chi connectivity index (χ4v) is 2.36. The van der Waals surface area contributed by atoms with Gasteiger partial charge in [-0.05, 0) is 37.0 Å². The Balaban J connectivity index is 2.61. The molecule has 0 radical (unpaired) electrons. The molecule has 0 atom stereocenters. The molecule has 2 N–H and O–H groups in total. The predicted octanol–water partition coefficient (Wildman–Crippen LogP) is 3.03. The van der Waals surface area contributed by atoms with Gasteiger partial charge in [0, 0.05) is 6.54 Å². The van der Waals surface area contributed by atoms with Crippen LogP contribution >= 0.6 is 0 Å². The molecule has 0 saturated carbocycles. The summed E-state index contributed by atoms with van der Waals surface area (Å²) in [5.74, 6) is -0.290.